The van der Waals surface area contributed by atoms with Gasteiger partial charge in [0, 0.05) is 4.88 Å². The fourth-order valence-electron chi connectivity index (χ4n) is 2.11. The Kier molecular flexibility index (Phi) is 5.80. The predicted octanol–water partition coefficient (Wildman–Crippen LogP) is 3.59. The standard InChI is InChI=1S/C16H15ClFNO4S/c1-8(12-5-6-13(17)24-12)15(20)19-14(16(21)22)9-3-4-11(23-2)10(18)7-9/h3-8,14H,1-2H3,(H,19,20)(H,21,22). The van der Waals surface area contributed by atoms with E-state index < -0.39 is 29.7 Å². The fourth-order valence-corrected chi connectivity index (χ4v) is 3.22. The Labute approximate surface area is 147 Å². The lowest BCUT2D eigenvalue weighted by Crippen LogP contribution is -2.36. The number of carbonyl (C=O) groups is 2. The van der Waals surface area contributed by atoms with Crippen molar-refractivity contribution in [1.82, 2.24) is 5.32 Å². The highest BCUT2D eigenvalue weighted by Gasteiger charge is 2.26. The molecule has 1 heterocycles. The Balaban J connectivity index is 2.20. The second kappa shape index (κ2) is 7.63. The summed E-state index contributed by atoms with van der Waals surface area (Å²) in [5.74, 6) is -3.06. The quantitative estimate of drug-likeness (QED) is 0.813. The maximum absolute atomic E-state index is 13.8. The Morgan fingerprint density at radius 1 is 1.33 bits per heavy atom. The van der Waals surface area contributed by atoms with Crippen LogP contribution in [0.25, 0.3) is 0 Å². The maximum Gasteiger partial charge on any atom is 0.330 e. The molecule has 0 fully saturated rings. The molecule has 128 valence electrons. The van der Waals surface area contributed by atoms with Crippen molar-refractivity contribution < 1.29 is 23.8 Å². The van der Waals surface area contributed by atoms with Gasteiger partial charge in [0.25, 0.3) is 0 Å². The van der Waals surface area contributed by atoms with Crippen molar-refractivity contribution in [3.05, 3.63) is 50.9 Å². The molecule has 0 saturated carbocycles. The minimum atomic E-state index is -1.37. The maximum atomic E-state index is 13.8. The topological polar surface area (TPSA) is 75.6 Å². The first-order valence-corrected chi connectivity index (χ1v) is 8.14. The lowest BCUT2D eigenvalue weighted by molar-refractivity contribution is -0.142. The van der Waals surface area contributed by atoms with E-state index in [0.717, 1.165) is 6.07 Å². The molecule has 2 unspecified atom stereocenters. The molecule has 2 atom stereocenters. The van der Waals surface area contributed by atoms with Gasteiger partial charge in [0.15, 0.2) is 17.6 Å². The first kappa shape index (κ1) is 18.2. The summed E-state index contributed by atoms with van der Waals surface area (Å²) in [6, 6.07) is 5.75. The average Bonchev–Trinajstić information content (AvgIpc) is 2.97. The van der Waals surface area contributed by atoms with Gasteiger partial charge in [-0.1, -0.05) is 17.7 Å². The molecule has 2 N–H and O–H groups in total. The molecular formula is C16H15ClFNO4S. The number of hydrogen-bond acceptors (Lipinski definition) is 4. The van der Waals surface area contributed by atoms with Crippen molar-refractivity contribution in [2.24, 2.45) is 0 Å². The number of carboxylic acids is 1. The number of thiophene rings is 1. The number of carboxylic acid groups (broad SMARTS) is 1. The number of aliphatic carboxylic acids is 1. The molecule has 2 aromatic rings. The van der Waals surface area contributed by atoms with Gasteiger partial charge in [0.2, 0.25) is 5.91 Å². The number of carbonyl (C=O) groups excluding carboxylic acids is 1. The number of halogens is 2. The van der Waals surface area contributed by atoms with Gasteiger partial charge >= 0.3 is 5.97 Å². The zero-order chi connectivity index (χ0) is 17.9. The summed E-state index contributed by atoms with van der Waals surface area (Å²) in [6.07, 6.45) is 0. The molecule has 8 heteroatoms. The van der Waals surface area contributed by atoms with Crippen molar-refractivity contribution in [3.8, 4) is 5.75 Å². The number of methoxy groups -OCH3 is 1. The first-order valence-electron chi connectivity index (χ1n) is 6.95. The third kappa shape index (κ3) is 4.04. The van der Waals surface area contributed by atoms with Gasteiger partial charge in [-0.2, -0.15) is 0 Å². The summed E-state index contributed by atoms with van der Waals surface area (Å²) < 4.78 is 19.1. The average molecular weight is 372 g/mol. The van der Waals surface area contributed by atoms with Gasteiger partial charge in [-0.25, -0.2) is 9.18 Å². The van der Waals surface area contributed by atoms with Crippen LogP contribution in [0.1, 0.15) is 29.3 Å². The number of rotatable bonds is 6. The highest BCUT2D eigenvalue weighted by molar-refractivity contribution is 7.16. The van der Waals surface area contributed by atoms with E-state index in [9.17, 15) is 19.1 Å². The molecule has 0 bridgehead atoms. The summed E-state index contributed by atoms with van der Waals surface area (Å²) in [7, 11) is 1.31. The highest BCUT2D eigenvalue weighted by atomic mass is 35.5. The molecule has 5 nitrogen and oxygen atoms in total. The smallest absolute Gasteiger partial charge is 0.330 e. The number of ether oxygens (including phenoxy) is 1. The third-order valence-corrected chi connectivity index (χ3v) is 4.87. The second-order valence-corrected chi connectivity index (χ2v) is 6.78. The van der Waals surface area contributed by atoms with E-state index in [0.29, 0.717) is 9.21 Å². The molecule has 0 saturated heterocycles. The monoisotopic (exact) mass is 371 g/mol. The van der Waals surface area contributed by atoms with Gasteiger partial charge in [-0.15, -0.1) is 11.3 Å². The van der Waals surface area contributed by atoms with E-state index in [1.807, 2.05) is 0 Å². The fraction of sp³-hybridized carbons (Fsp3) is 0.250. The zero-order valence-electron chi connectivity index (χ0n) is 12.9. The normalized spacial score (nSPS) is 13.2. The molecular weight excluding hydrogens is 357 g/mol. The third-order valence-electron chi connectivity index (χ3n) is 3.46. The number of amides is 1. The Hall–Kier alpha value is -2.12. The number of nitrogens with one attached hydrogen (secondary N) is 1. The first-order chi connectivity index (χ1) is 11.3. The van der Waals surface area contributed by atoms with Crippen LogP contribution in [0.15, 0.2) is 30.3 Å². The van der Waals surface area contributed by atoms with Crippen LogP contribution in [0.3, 0.4) is 0 Å². The van der Waals surface area contributed by atoms with Gasteiger partial charge in [0.1, 0.15) is 0 Å². The summed E-state index contributed by atoms with van der Waals surface area (Å²) in [5, 5.41) is 11.8. The van der Waals surface area contributed by atoms with Crippen LogP contribution in [0, 0.1) is 5.82 Å². The largest absolute Gasteiger partial charge is 0.494 e. The Morgan fingerprint density at radius 3 is 2.54 bits per heavy atom. The summed E-state index contributed by atoms with van der Waals surface area (Å²) in [6.45, 7) is 1.64. The van der Waals surface area contributed by atoms with Crippen molar-refractivity contribution >= 4 is 34.8 Å². The van der Waals surface area contributed by atoms with E-state index in [1.54, 1.807) is 19.1 Å². The van der Waals surface area contributed by atoms with Crippen LogP contribution in [-0.2, 0) is 9.59 Å². The zero-order valence-corrected chi connectivity index (χ0v) is 14.5. The SMILES string of the molecule is COc1ccc(C(NC(=O)C(C)c2ccc(Cl)s2)C(=O)O)cc1F. The lowest BCUT2D eigenvalue weighted by atomic mass is 10.0. The molecule has 0 radical (unpaired) electrons. The Bertz CT molecular complexity index is 764. The minimum Gasteiger partial charge on any atom is -0.494 e. The van der Waals surface area contributed by atoms with Crippen molar-refractivity contribution in [2.45, 2.75) is 18.9 Å². The van der Waals surface area contributed by atoms with Crippen molar-refractivity contribution in [3.63, 3.8) is 0 Å². The van der Waals surface area contributed by atoms with Gasteiger partial charge in [-0.3, -0.25) is 4.79 Å². The van der Waals surface area contributed by atoms with Crippen molar-refractivity contribution in [2.75, 3.05) is 7.11 Å². The molecule has 1 aromatic carbocycles. The van der Waals surface area contributed by atoms with E-state index in [1.165, 1.54) is 30.6 Å². The van der Waals surface area contributed by atoms with Crippen LogP contribution in [0.2, 0.25) is 4.34 Å². The van der Waals surface area contributed by atoms with E-state index in [4.69, 9.17) is 16.3 Å². The number of hydrogen-bond donors (Lipinski definition) is 2. The molecule has 0 aliphatic heterocycles. The van der Waals surface area contributed by atoms with Crippen LogP contribution in [0.4, 0.5) is 4.39 Å². The van der Waals surface area contributed by atoms with Crippen LogP contribution in [-0.4, -0.2) is 24.1 Å². The van der Waals surface area contributed by atoms with Gasteiger partial charge in [-0.05, 0) is 36.8 Å². The molecule has 0 spiro atoms. The number of benzene rings is 1. The van der Waals surface area contributed by atoms with E-state index in [-0.39, 0.29) is 11.3 Å². The van der Waals surface area contributed by atoms with Gasteiger partial charge < -0.3 is 15.2 Å². The van der Waals surface area contributed by atoms with E-state index in [2.05, 4.69) is 5.32 Å². The van der Waals surface area contributed by atoms with Crippen LogP contribution < -0.4 is 10.1 Å². The van der Waals surface area contributed by atoms with E-state index >= 15 is 0 Å². The highest BCUT2D eigenvalue weighted by Crippen LogP contribution is 2.29. The minimum absolute atomic E-state index is 0.00388. The Morgan fingerprint density at radius 2 is 2.04 bits per heavy atom. The molecule has 2 rings (SSSR count). The summed E-state index contributed by atoms with van der Waals surface area (Å²) in [4.78, 5) is 24.5. The second-order valence-electron chi connectivity index (χ2n) is 5.04. The summed E-state index contributed by atoms with van der Waals surface area (Å²) >= 11 is 7.09. The van der Waals surface area contributed by atoms with Crippen LogP contribution in [0.5, 0.6) is 5.75 Å². The predicted molar refractivity (Wildman–Crippen MR) is 89.2 cm³/mol. The van der Waals surface area contributed by atoms with Gasteiger partial charge in [0.05, 0.1) is 17.4 Å². The lowest BCUT2D eigenvalue weighted by Gasteiger charge is -2.18. The molecule has 24 heavy (non-hydrogen) atoms. The molecule has 0 aliphatic carbocycles. The molecule has 1 amide bonds. The summed E-state index contributed by atoms with van der Waals surface area (Å²) in [5.41, 5.74) is 0.116. The van der Waals surface area contributed by atoms with Crippen molar-refractivity contribution in [1.29, 1.82) is 0 Å². The molecule has 1 aromatic heterocycles. The van der Waals surface area contributed by atoms with Crippen LogP contribution >= 0.6 is 22.9 Å². The molecule has 0 aliphatic rings.